The van der Waals surface area contributed by atoms with Crippen LogP contribution in [0.5, 0.6) is 0 Å². The van der Waals surface area contributed by atoms with Crippen LogP contribution in [-0.4, -0.2) is 0 Å². The molecule has 3 aromatic heterocycles. The Hall–Kier alpha value is -4.02. The van der Waals surface area contributed by atoms with Crippen molar-refractivity contribution in [3.05, 3.63) is 142 Å². The van der Waals surface area contributed by atoms with E-state index in [0.717, 1.165) is 19.3 Å². The number of hydrogen-bond donors (Lipinski definition) is 0. The Labute approximate surface area is 355 Å². The van der Waals surface area contributed by atoms with E-state index < -0.39 is 0 Å². The lowest BCUT2D eigenvalue weighted by Crippen LogP contribution is -1.87. The van der Waals surface area contributed by atoms with Crippen LogP contribution in [0.3, 0.4) is 0 Å². The molecule has 0 radical (unpaired) electrons. The molecule has 0 unspecified atom stereocenters. The van der Waals surface area contributed by atoms with Crippen molar-refractivity contribution in [1.82, 2.24) is 0 Å². The SMILES string of the molecule is CCCCCCc1cc(-c2ccccc2)c(-c2cc(-c3sc(CCCCCC)cc3-c3ccccc3)cc(-c3sc(CCCCCC)cc3-c3ccccc3)c2)s1. The van der Waals surface area contributed by atoms with Gasteiger partial charge in [0.15, 0.2) is 0 Å². The monoisotopic (exact) mass is 804 g/mol. The topological polar surface area (TPSA) is 0 Å². The number of hydrogen-bond acceptors (Lipinski definition) is 3. The van der Waals surface area contributed by atoms with E-state index >= 15 is 0 Å². The van der Waals surface area contributed by atoms with Crippen molar-refractivity contribution in [2.24, 2.45) is 0 Å². The van der Waals surface area contributed by atoms with Crippen molar-refractivity contribution in [3.8, 4) is 64.7 Å². The van der Waals surface area contributed by atoms with E-state index in [2.05, 4.69) is 148 Å². The molecule has 0 fully saturated rings. The van der Waals surface area contributed by atoms with Gasteiger partial charge in [-0.05, 0) is 108 Å². The average Bonchev–Trinajstić information content (AvgIpc) is 4.01. The second-order valence-corrected chi connectivity index (χ2v) is 19.1. The molecule has 0 nitrogen and oxygen atoms in total. The van der Waals surface area contributed by atoms with Crippen LogP contribution in [0, 0.1) is 0 Å². The second kappa shape index (κ2) is 21.1. The third-order valence-corrected chi connectivity index (χ3v) is 14.9. The summed E-state index contributed by atoms with van der Waals surface area (Å²) in [7, 11) is 0. The Morgan fingerprint density at radius 2 is 0.579 bits per heavy atom. The Morgan fingerprint density at radius 1 is 0.298 bits per heavy atom. The molecule has 7 rings (SSSR count). The fraction of sp³-hybridized carbons (Fsp3) is 0.333. The molecular formula is C54H60S3. The highest BCUT2D eigenvalue weighted by Gasteiger charge is 2.21. The minimum absolute atomic E-state index is 1.14. The number of benzene rings is 4. The van der Waals surface area contributed by atoms with Gasteiger partial charge in [-0.1, -0.05) is 170 Å². The summed E-state index contributed by atoms with van der Waals surface area (Å²) < 4.78 is 0. The smallest absolute Gasteiger partial charge is 0.0424 e. The summed E-state index contributed by atoms with van der Waals surface area (Å²) in [6.07, 6.45) is 18.8. The van der Waals surface area contributed by atoms with Gasteiger partial charge in [0.2, 0.25) is 0 Å². The minimum Gasteiger partial charge on any atom is -0.140 e. The Balaban J connectivity index is 1.42. The molecule has 0 saturated carbocycles. The van der Waals surface area contributed by atoms with E-state index in [9.17, 15) is 0 Å². The molecule has 0 aliphatic rings. The average molecular weight is 805 g/mol. The fourth-order valence-corrected chi connectivity index (χ4v) is 11.7. The van der Waals surface area contributed by atoms with Crippen LogP contribution in [0.25, 0.3) is 64.7 Å². The van der Waals surface area contributed by atoms with E-state index in [0.29, 0.717) is 0 Å². The van der Waals surface area contributed by atoms with Gasteiger partial charge in [0, 0.05) is 46.0 Å². The van der Waals surface area contributed by atoms with E-state index in [1.165, 1.54) is 156 Å². The quantitative estimate of drug-likeness (QED) is 0.0635. The number of unbranched alkanes of at least 4 members (excludes halogenated alkanes) is 9. The van der Waals surface area contributed by atoms with Crippen LogP contribution in [0.15, 0.2) is 127 Å². The third kappa shape index (κ3) is 10.7. The maximum Gasteiger partial charge on any atom is 0.0424 e. The van der Waals surface area contributed by atoms with Gasteiger partial charge in [0.1, 0.15) is 0 Å². The Morgan fingerprint density at radius 3 is 0.842 bits per heavy atom. The lowest BCUT2D eigenvalue weighted by molar-refractivity contribution is 0.670. The molecule has 0 spiro atoms. The number of rotatable bonds is 21. The van der Waals surface area contributed by atoms with Crippen molar-refractivity contribution in [2.75, 3.05) is 0 Å². The summed E-state index contributed by atoms with van der Waals surface area (Å²) in [6, 6.07) is 48.5. The summed E-state index contributed by atoms with van der Waals surface area (Å²) in [5.74, 6) is 0. The Bertz CT molecular complexity index is 1980. The zero-order chi connectivity index (χ0) is 39.2. The molecule has 0 saturated heterocycles. The second-order valence-electron chi connectivity index (χ2n) is 15.7. The van der Waals surface area contributed by atoms with Crippen LogP contribution >= 0.6 is 34.0 Å². The first-order chi connectivity index (χ1) is 28.1. The van der Waals surface area contributed by atoms with Gasteiger partial charge in [-0.3, -0.25) is 0 Å². The first-order valence-corrected chi connectivity index (χ1v) is 24.3. The molecule has 0 N–H and O–H groups in total. The molecule has 0 bridgehead atoms. The van der Waals surface area contributed by atoms with Crippen molar-refractivity contribution >= 4 is 34.0 Å². The van der Waals surface area contributed by atoms with Gasteiger partial charge in [0.05, 0.1) is 0 Å². The lowest BCUT2D eigenvalue weighted by atomic mass is 9.94. The summed E-state index contributed by atoms with van der Waals surface area (Å²) in [4.78, 5) is 8.67. The molecule has 0 amide bonds. The largest absolute Gasteiger partial charge is 0.140 e. The predicted molar refractivity (Wildman–Crippen MR) is 256 cm³/mol. The van der Waals surface area contributed by atoms with Crippen LogP contribution < -0.4 is 0 Å². The van der Waals surface area contributed by atoms with Crippen molar-refractivity contribution in [3.63, 3.8) is 0 Å². The number of thiophene rings is 3. The molecule has 7 aromatic rings. The summed E-state index contributed by atoms with van der Waals surface area (Å²) >= 11 is 6.07. The van der Waals surface area contributed by atoms with E-state index in [1.54, 1.807) is 0 Å². The van der Waals surface area contributed by atoms with Crippen molar-refractivity contribution < 1.29 is 0 Å². The normalized spacial score (nSPS) is 11.4. The molecule has 4 aromatic carbocycles. The van der Waals surface area contributed by atoms with E-state index in [-0.39, 0.29) is 0 Å². The first kappa shape index (κ1) is 41.2. The maximum absolute atomic E-state index is 2.53. The summed E-state index contributed by atoms with van der Waals surface area (Å²) in [5, 5.41) is 0. The standard InChI is InChI=1S/C54H60S3/c1-4-7-10-22-31-46-37-49(40-25-16-13-17-26-40)52(55-46)43-34-44(53-50(41-27-18-14-19-28-41)38-47(56-53)32-23-11-8-5-2)36-45(35-43)54-51(42-29-20-15-21-30-42)39-48(57-54)33-24-12-9-6-3/h13-21,25-30,34-39H,4-12,22-24,31-33H2,1-3H3. The summed E-state index contributed by atoms with van der Waals surface area (Å²) in [6.45, 7) is 6.92. The highest BCUT2D eigenvalue weighted by molar-refractivity contribution is 7.17. The van der Waals surface area contributed by atoms with Gasteiger partial charge in [-0.2, -0.15) is 0 Å². The highest BCUT2D eigenvalue weighted by atomic mass is 32.1. The van der Waals surface area contributed by atoms with Crippen molar-refractivity contribution in [2.45, 2.75) is 117 Å². The van der Waals surface area contributed by atoms with E-state index in [4.69, 9.17) is 0 Å². The molecular weight excluding hydrogens is 745 g/mol. The van der Waals surface area contributed by atoms with Crippen LogP contribution in [-0.2, 0) is 19.3 Å². The molecule has 3 heteroatoms. The van der Waals surface area contributed by atoms with Crippen molar-refractivity contribution in [1.29, 1.82) is 0 Å². The van der Waals surface area contributed by atoms with Gasteiger partial charge in [-0.25, -0.2) is 0 Å². The van der Waals surface area contributed by atoms with Gasteiger partial charge >= 0.3 is 0 Å². The number of aryl methyl sites for hydroxylation is 3. The summed E-state index contributed by atoms with van der Waals surface area (Å²) in [5.41, 5.74) is 12.0. The molecule has 57 heavy (non-hydrogen) atoms. The molecule has 0 atom stereocenters. The van der Waals surface area contributed by atoms with Crippen LogP contribution in [0.1, 0.15) is 112 Å². The fourth-order valence-electron chi connectivity index (χ4n) is 8.03. The van der Waals surface area contributed by atoms with Crippen LogP contribution in [0.2, 0.25) is 0 Å². The molecule has 294 valence electrons. The maximum atomic E-state index is 2.53. The molecule has 0 aliphatic carbocycles. The van der Waals surface area contributed by atoms with Crippen LogP contribution in [0.4, 0.5) is 0 Å². The molecule has 3 heterocycles. The predicted octanol–water partition coefficient (Wildman–Crippen LogP) is 18.2. The van der Waals surface area contributed by atoms with Gasteiger partial charge < -0.3 is 0 Å². The lowest BCUT2D eigenvalue weighted by Gasteiger charge is -2.13. The Kier molecular flexibility index (Phi) is 15.2. The first-order valence-electron chi connectivity index (χ1n) is 21.9. The highest BCUT2D eigenvalue weighted by Crippen LogP contribution is 2.48. The van der Waals surface area contributed by atoms with Gasteiger partial charge in [-0.15, -0.1) is 34.0 Å². The third-order valence-electron chi connectivity index (χ3n) is 11.2. The van der Waals surface area contributed by atoms with E-state index in [1.807, 2.05) is 34.0 Å². The van der Waals surface area contributed by atoms with Gasteiger partial charge in [0.25, 0.3) is 0 Å². The molecule has 0 aliphatic heterocycles. The zero-order valence-corrected chi connectivity index (χ0v) is 36.9. The minimum atomic E-state index is 1.14. The zero-order valence-electron chi connectivity index (χ0n) is 34.5.